The van der Waals surface area contributed by atoms with E-state index in [1.54, 1.807) is 12.1 Å². The topological polar surface area (TPSA) is 124 Å². The zero-order valence-corrected chi connectivity index (χ0v) is 15.4. The maximum Gasteiger partial charge on any atom is 0.202 e. The van der Waals surface area contributed by atoms with Crippen LogP contribution < -0.4 is 4.74 Å². The molecule has 2 aromatic carbocycles. The molecule has 0 heterocycles. The lowest BCUT2D eigenvalue weighted by molar-refractivity contribution is -0.0748. The third-order valence-corrected chi connectivity index (χ3v) is 5.90. The molecule has 28 heavy (non-hydrogen) atoms. The summed E-state index contributed by atoms with van der Waals surface area (Å²) in [5.41, 5.74) is -1.41. The number of ether oxygens (including phenoxy) is 1. The van der Waals surface area contributed by atoms with Crippen molar-refractivity contribution in [3.8, 4) is 17.2 Å². The van der Waals surface area contributed by atoms with Crippen LogP contribution in [0.25, 0.3) is 0 Å². The van der Waals surface area contributed by atoms with Crippen LogP contribution >= 0.6 is 0 Å². The largest absolute Gasteiger partial charge is 0.507 e. The van der Waals surface area contributed by atoms with Crippen LogP contribution in [0.4, 0.5) is 0 Å². The number of phenolic OH excluding ortho intramolecular Hbond substituents is 2. The van der Waals surface area contributed by atoms with Gasteiger partial charge in [0.25, 0.3) is 0 Å². The molecule has 0 saturated carbocycles. The molecule has 0 saturated heterocycles. The van der Waals surface area contributed by atoms with Gasteiger partial charge in [-0.05, 0) is 25.8 Å². The zero-order chi connectivity index (χ0) is 20.4. The van der Waals surface area contributed by atoms with E-state index in [0.717, 1.165) is 0 Å². The van der Waals surface area contributed by atoms with Crippen molar-refractivity contribution in [1.29, 1.82) is 0 Å². The molecule has 0 radical (unpaired) electrons. The van der Waals surface area contributed by atoms with Gasteiger partial charge < -0.3 is 25.2 Å². The molecule has 7 heteroatoms. The second-order valence-corrected chi connectivity index (χ2v) is 7.40. The number of aromatic hydroxyl groups is 2. The molecule has 4 N–H and O–H groups in total. The molecule has 2 atom stereocenters. The van der Waals surface area contributed by atoms with Gasteiger partial charge in [0.15, 0.2) is 5.78 Å². The predicted octanol–water partition coefficient (Wildman–Crippen LogP) is 1.48. The van der Waals surface area contributed by atoms with Gasteiger partial charge in [-0.15, -0.1) is 0 Å². The maximum absolute atomic E-state index is 13.1. The predicted molar refractivity (Wildman–Crippen MR) is 98.3 cm³/mol. The fourth-order valence-corrected chi connectivity index (χ4v) is 4.20. The Kier molecular flexibility index (Phi) is 3.99. The average Bonchev–Trinajstić information content (AvgIpc) is 2.68. The number of ketones is 2. The maximum atomic E-state index is 13.1. The van der Waals surface area contributed by atoms with Crippen LogP contribution in [-0.4, -0.2) is 50.8 Å². The normalized spacial score (nSPS) is 21.6. The molecule has 0 aromatic heterocycles. The Bertz CT molecular complexity index is 1040. The monoisotopic (exact) mass is 384 g/mol. The van der Waals surface area contributed by atoms with E-state index in [4.69, 9.17) is 4.74 Å². The number of phenols is 2. The molecular weight excluding hydrogens is 364 g/mol. The highest BCUT2D eigenvalue weighted by atomic mass is 16.5. The van der Waals surface area contributed by atoms with Crippen molar-refractivity contribution in [2.24, 2.45) is 0 Å². The number of aliphatic hydroxyl groups is 2. The summed E-state index contributed by atoms with van der Waals surface area (Å²) in [5.74, 6) is -1.81. The van der Waals surface area contributed by atoms with E-state index in [9.17, 15) is 30.0 Å². The first-order chi connectivity index (χ1) is 13.2. The van der Waals surface area contributed by atoms with Gasteiger partial charge in [0, 0.05) is 23.1 Å². The number of hydrogen-bond acceptors (Lipinski definition) is 7. The van der Waals surface area contributed by atoms with Gasteiger partial charge in [-0.1, -0.05) is 12.1 Å². The van der Waals surface area contributed by atoms with E-state index in [1.807, 2.05) is 0 Å². The number of fused-ring (bicyclic) bond motifs is 3. The lowest BCUT2D eigenvalue weighted by atomic mass is 9.73. The molecule has 4 rings (SSSR count). The van der Waals surface area contributed by atoms with Crippen molar-refractivity contribution >= 4 is 11.6 Å². The highest BCUT2D eigenvalue weighted by molar-refractivity contribution is 6.31. The summed E-state index contributed by atoms with van der Waals surface area (Å²) in [6, 6.07) is 4.57. The molecule has 0 unspecified atom stereocenters. The molecule has 2 aromatic rings. The van der Waals surface area contributed by atoms with E-state index in [0.29, 0.717) is 5.56 Å². The first kappa shape index (κ1) is 18.5. The number of hydrogen-bond donors (Lipinski definition) is 4. The van der Waals surface area contributed by atoms with Crippen LogP contribution in [0.2, 0.25) is 0 Å². The van der Waals surface area contributed by atoms with Gasteiger partial charge in [-0.3, -0.25) is 9.59 Å². The van der Waals surface area contributed by atoms with Crippen molar-refractivity contribution in [1.82, 2.24) is 0 Å². The molecule has 2 aliphatic carbocycles. The average molecular weight is 384 g/mol. The van der Waals surface area contributed by atoms with Crippen LogP contribution in [0, 0.1) is 0 Å². The van der Waals surface area contributed by atoms with Gasteiger partial charge >= 0.3 is 0 Å². The molecule has 0 bridgehead atoms. The van der Waals surface area contributed by atoms with E-state index in [2.05, 4.69) is 0 Å². The summed E-state index contributed by atoms with van der Waals surface area (Å²) in [6.45, 7) is 1.44. The fraction of sp³-hybridized carbons (Fsp3) is 0.333. The summed E-state index contributed by atoms with van der Waals surface area (Å²) in [4.78, 5) is 26.2. The molecule has 146 valence electrons. The third-order valence-electron chi connectivity index (χ3n) is 5.90. The van der Waals surface area contributed by atoms with E-state index in [-0.39, 0.29) is 58.6 Å². The van der Waals surface area contributed by atoms with Crippen LogP contribution in [0.3, 0.4) is 0 Å². The quantitative estimate of drug-likeness (QED) is 0.493. The number of methoxy groups -OCH3 is 1. The van der Waals surface area contributed by atoms with Crippen molar-refractivity contribution in [3.05, 3.63) is 51.6 Å². The smallest absolute Gasteiger partial charge is 0.202 e. The summed E-state index contributed by atoms with van der Waals surface area (Å²) in [6.07, 6.45) is -0.922. The highest BCUT2D eigenvalue weighted by Gasteiger charge is 2.44. The summed E-state index contributed by atoms with van der Waals surface area (Å²) >= 11 is 0. The minimum atomic E-state index is -1.49. The van der Waals surface area contributed by atoms with Crippen LogP contribution in [0.1, 0.15) is 56.3 Å². The Morgan fingerprint density at radius 3 is 2.32 bits per heavy atom. The van der Waals surface area contributed by atoms with Gasteiger partial charge in [-0.25, -0.2) is 0 Å². The molecule has 0 fully saturated rings. The summed E-state index contributed by atoms with van der Waals surface area (Å²) in [5, 5.41) is 42.2. The molecule has 0 aliphatic heterocycles. The van der Waals surface area contributed by atoms with Crippen LogP contribution in [0.5, 0.6) is 17.2 Å². The second kappa shape index (κ2) is 6.05. The molecule has 0 spiro atoms. The Hall–Kier alpha value is -2.90. The van der Waals surface area contributed by atoms with Crippen molar-refractivity contribution < 1.29 is 34.8 Å². The lowest BCUT2D eigenvalue weighted by Gasteiger charge is -2.37. The highest BCUT2D eigenvalue weighted by Crippen LogP contribution is 2.48. The van der Waals surface area contributed by atoms with E-state index < -0.39 is 29.0 Å². The molecular formula is C21H20O7. The Morgan fingerprint density at radius 2 is 1.68 bits per heavy atom. The van der Waals surface area contributed by atoms with Crippen molar-refractivity contribution in [2.45, 2.75) is 37.9 Å². The number of carbonyl (C=O) groups is 2. The zero-order valence-electron chi connectivity index (χ0n) is 15.4. The van der Waals surface area contributed by atoms with E-state index in [1.165, 1.54) is 20.1 Å². The Labute approximate surface area is 160 Å². The van der Waals surface area contributed by atoms with Crippen molar-refractivity contribution in [3.63, 3.8) is 0 Å². The Balaban J connectivity index is 1.99. The third kappa shape index (κ3) is 2.30. The number of rotatable bonds is 2. The van der Waals surface area contributed by atoms with E-state index >= 15 is 0 Å². The SMILES string of the molecule is COc1cccc2c1C(=O)c1c(O)c3c(c(O)c1C2=O)C[C@@](O)([C@H](C)O)CC3. The molecule has 0 amide bonds. The second-order valence-electron chi connectivity index (χ2n) is 7.40. The Morgan fingerprint density at radius 1 is 1.04 bits per heavy atom. The van der Waals surface area contributed by atoms with Gasteiger partial charge in [0.1, 0.15) is 17.2 Å². The fourth-order valence-electron chi connectivity index (χ4n) is 4.20. The van der Waals surface area contributed by atoms with Gasteiger partial charge in [-0.2, -0.15) is 0 Å². The van der Waals surface area contributed by atoms with Gasteiger partial charge in [0.2, 0.25) is 5.78 Å². The van der Waals surface area contributed by atoms with Gasteiger partial charge in [0.05, 0.1) is 35.5 Å². The lowest BCUT2D eigenvalue weighted by Crippen LogP contribution is -2.45. The standard InChI is InChI=1S/C21H20O7/c1-9(22)21(27)7-6-10-12(8-21)19(25)15-16(17(10)23)20(26)14-11(18(15)24)4-3-5-13(14)28-2/h3-5,9,22-23,25,27H,6-8H2,1-2H3/t9-,21+/m0/s1. The number of carbonyl (C=O) groups excluding carboxylic acids is 2. The minimum Gasteiger partial charge on any atom is -0.507 e. The molecule has 7 nitrogen and oxygen atoms in total. The summed E-state index contributed by atoms with van der Waals surface area (Å²) in [7, 11) is 1.38. The molecule has 2 aliphatic rings. The van der Waals surface area contributed by atoms with Crippen LogP contribution in [0.15, 0.2) is 18.2 Å². The minimum absolute atomic E-state index is 0.0495. The van der Waals surface area contributed by atoms with Crippen molar-refractivity contribution in [2.75, 3.05) is 7.11 Å². The summed E-state index contributed by atoms with van der Waals surface area (Å²) < 4.78 is 5.20. The first-order valence-corrected chi connectivity index (χ1v) is 8.97. The van der Waals surface area contributed by atoms with Crippen LogP contribution in [-0.2, 0) is 12.8 Å². The number of benzene rings is 2. The first-order valence-electron chi connectivity index (χ1n) is 8.97. The number of aliphatic hydroxyl groups excluding tert-OH is 1.